The van der Waals surface area contributed by atoms with Gasteiger partial charge in [0.05, 0.1) is 13.2 Å². The van der Waals surface area contributed by atoms with E-state index in [2.05, 4.69) is 28.2 Å². The molecule has 0 fully saturated rings. The summed E-state index contributed by atoms with van der Waals surface area (Å²) in [6, 6.07) is 9.24. The molecule has 0 spiro atoms. The predicted octanol–water partition coefficient (Wildman–Crippen LogP) is 4.23. The first-order chi connectivity index (χ1) is 9.70. The summed E-state index contributed by atoms with van der Waals surface area (Å²) in [4.78, 5) is 13.2. The average Bonchev–Trinajstić information content (AvgIpc) is 2.88. The zero-order valence-electron chi connectivity index (χ0n) is 11.2. The van der Waals surface area contributed by atoms with Crippen molar-refractivity contribution < 1.29 is 9.53 Å². The molecule has 5 heteroatoms. The fraction of sp³-hybridized carbons (Fsp3) is 0.267. The van der Waals surface area contributed by atoms with Gasteiger partial charge in [-0.1, -0.05) is 13.0 Å². The minimum absolute atomic E-state index is 0.0905. The molecule has 0 radical (unpaired) electrons. The monoisotopic (exact) mass is 353 g/mol. The first-order valence-corrected chi connectivity index (χ1v) is 8.11. The molecule has 0 unspecified atom stereocenters. The highest BCUT2D eigenvalue weighted by Crippen LogP contribution is 2.22. The summed E-state index contributed by atoms with van der Waals surface area (Å²) in [5, 5.41) is 4.90. The molecule has 2 aromatic rings. The summed E-state index contributed by atoms with van der Waals surface area (Å²) in [6.07, 6.45) is 0.947. The third-order valence-electron chi connectivity index (χ3n) is 2.67. The van der Waals surface area contributed by atoms with Crippen LogP contribution in [0.2, 0.25) is 0 Å². The van der Waals surface area contributed by atoms with E-state index in [1.54, 1.807) is 23.5 Å². The normalized spacial score (nSPS) is 10.3. The SMILES string of the molecule is CCCOc1cccc(C(=O)NCc2sccc2Br)c1. The van der Waals surface area contributed by atoms with E-state index in [0.29, 0.717) is 18.7 Å². The lowest BCUT2D eigenvalue weighted by Gasteiger charge is -2.07. The molecule has 0 atom stereocenters. The molecule has 0 aliphatic rings. The molecule has 20 heavy (non-hydrogen) atoms. The lowest BCUT2D eigenvalue weighted by Crippen LogP contribution is -2.22. The van der Waals surface area contributed by atoms with Gasteiger partial charge in [-0.15, -0.1) is 11.3 Å². The number of carbonyl (C=O) groups is 1. The van der Waals surface area contributed by atoms with E-state index in [-0.39, 0.29) is 5.91 Å². The van der Waals surface area contributed by atoms with Crippen LogP contribution in [0.3, 0.4) is 0 Å². The fourth-order valence-corrected chi connectivity index (χ4v) is 3.09. The van der Waals surface area contributed by atoms with Gasteiger partial charge in [0.25, 0.3) is 5.91 Å². The first-order valence-electron chi connectivity index (χ1n) is 6.43. The van der Waals surface area contributed by atoms with Crippen molar-refractivity contribution in [2.75, 3.05) is 6.61 Å². The van der Waals surface area contributed by atoms with Gasteiger partial charge in [-0.25, -0.2) is 0 Å². The van der Waals surface area contributed by atoms with Crippen molar-refractivity contribution >= 4 is 33.2 Å². The summed E-state index contributed by atoms with van der Waals surface area (Å²) in [5.41, 5.74) is 0.617. The number of carbonyl (C=O) groups excluding carboxylic acids is 1. The van der Waals surface area contributed by atoms with Crippen molar-refractivity contribution in [3.05, 3.63) is 50.6 Å². The van der Waals surface area contributed by atoms with Gasteiger partial charge < -0.3 is 10.1 Å². The molecule has 106 valence electrons. The second kappa shape index (κ2) is 7.45. The zero-order chi connectivity index (χ0) is 14.4. The largest absolute Gasteiger partial charge is 0.494 e. The minimum Gasteiger partial charge on any atom is -0.494 e. The highest BCUT2D eigenvalue weighted by molar-refractivity contribution is 9.10. The first kappa shape index (κ1) is 15.1. The van der Waals surface area contributed by atoms with Gasteiger partial charge in [-0.2, -0.15) is 0 Å². The van der Waals surface area contributed by atoms with Crippen LogP contribution in [0.15, 0.2) is 40.2 Å². The third-order valence-corrected chi connectivity index (χ3v) is 4.60. The molecule has 1 N–H and O–H groups in total. The number of thiophene rings is 1. The molecule has 0 saturated heterocycles. The molecule has 3 nitrogen and oxygen atoms in total. The number of rotatable bonds is 6. The van der Waals surface area contributed by atoms with Crippen LogP contribution in [0.25, 0.3) is 0 Å². The van der Waals surface area contributed by atoms with E-state index in [1.165, 1.54) is 0 Å². The summed E-state index contributed by atoms with van der Waals surface area (Å²) < 4.78 is 6.56. The molecule has 1 heterocycles. The quantitative estimate of drug-likeness (QED) is 0.843. The van der Waals surface area contributed by atoms with Gasteiger partial charge in [-0.3, -0.25) is 4.79 Å². The number of ether oxygens (including phenoxy) is 1. The molecular weight excluding hydrogens is 338 g/mol. The number of hydrogen-bond donors (Lipinski definition) is 1. The standard InChI is InChI=1S/C15H16BrNO2S/c1-2-7-19-12-5-3-4-11(9-12)15(18)17-10-14-13(16)6-8-20-14/h3-6,8-9H,2,7,10H2,1H3,(H,17,18). The fourth-order valence-electron chi connectivity index (χ4n) is 1.66. The highest BCUT2D eigenvalue weighted by Gasteiger charge is 2.08. The topological polar surface area (TPSA) is 38.3 Å². The van der Waals surface area contributed by atoms with Gasteiger partial charge >= 0.3 is 0 Å². The Morgan fingerprint density at radius 3 is 2.95 bits per heavy atom. The van der Waals surface area contributed by atoms with Crippen LogP contribution in [0.1, 0.15) is 28.6 Å². The Hall–Kier alpha value is -1.33. The molecule has 0 bridgehead atoms. The number of halogens is 1. The van der Waals surface area contributed by atoms with Gasteiger partial charge in [0, 0.05) is 14.9 Å². The minimum atomic E-state index is -0.0905. The smallest absolute Gasteiger partial charge is 0.251 e. The van der Waals surface area contributed by atoms with Crippen molar-refractivity contribution in [3.63, 3.8) is 0 Å². The Labute approximate surface area is 131 Å². The molecule has 0 saturated carbocycles. The van der Waals surface area contributed by atoms with Crippen LogP contribution in [0, 0.1) is 0 Å². The summed E-state index contributed by atoms with van der Waals surface area (Å²) in [5.74, 6) is 0.643. The van der Waals surface area contributed by atoms with Gasteiger partial charge in [0.1, 0.15) is 5.75 Å². The van der Waals surface area contributed by atoms with E-state index in [0.717, 1.165) is 21.5 Å². The van der Waals surface area contributed by atoms with Crippen molar-refractivity contribution in [1.29, 1.82) is 0 Å². The lowest BCUT2D eigenvalue weighted by atomic mass is 10.2. The summed E-state index contributed by atoms with van der Waals surface area (Å²) in [7, 11) is 0. The van der Waals surface area contributed by atoms with Gasteiger partial charge in [-0.05, 0) is 52.0 Å². The zero-order valence-corrected chi connectivity index (χ0v) is 13.6. The van der Waals surface area contributed by atoms with Crippen LogP contribution in [-0.2, 0) is 6.54 Å². The summed E-state index contributed by atoms with van der Waals surface area (Å²) in [6.45, 7) is 3.24. The molecule has 1 aromatic heterocycles. The van der Waals surface area contributed by atoms with E-state index in [1.807, 2.05) is 23.6 Å². The third kappa shape index (κ3) is 4.08. The highest BCUT2D eigenvalue weighted by atomic mass is 79.9. The number of hydrogen-bond acceptors (Lipinski definition) is 3. The van der Waals surface area contributed by atoms with Crippen LogP contribution in [0.5, 0.6) is 5.75 Å². The molecule has 2 rings (SSSR count). The maximum atomic E-state index is 12.1. The van der Waals surface area contributed by atoms with E-state index < -0.39 is 0 Å². The van der Waals surface area contributed by atoms with Crippen LogP contribution in [-0.4, -0.2) is 12.5 Å². The van der Waals surface area contributed by atoms with Crippen LogP contribution >= 0.6 is 27.3 Å². The van der Waals surface area contributed by atoms with Crippen molar-refractivity contribution in [2.24, 2.45) is 0 Å². The molecule has 1 amide bonds. The number of amides is 1. The van der Waals surface area contributed by atoms with E-state index in [9.17, 15) is 4.79 Å². The maximum Gasteiger partial charge on any atom is 0.251 e. The predicted molar refractivity (Wildman–Crippen MR) is 85.4 cm³/mol. The molecule has 0 aliphatic carbocycles. The van der Waals surface area contributed by atoms with Gasteiger partial charge in [0.2, 0.25) is 0 Å². The second-order valence-electron chi connectivity index (χ2n) is 4.25. The van der Waals surface area contributed by atoms with Crippen molar-refractivity contribution in [3.8, 4) is 5.75 Å². The Balaban J connectivity index is 1.96. The second-order valence-corrected chi connectivity index (χ2v) is 6.11. The molecule has 1 aromatic carbocycles. The van der Waals surface area contributed by atoms with Crippen LogP contribution < -0.4 is 10.1 Å². The Bertz CT molecular complexity index is 583. The number of nitrogens with one attached hydrogen (secondary N) is 1. The number of benzene rings is 1. The average molecular weight is 354 g/mol. The Morgan fingerprint density at radius 2 is 2.25 bits per heavy atom. The van der Waals surface area contributed by atoms with E-state index in [4.69, 9.17) is 4.74 Å². The van der Waals surface area contributed by atoms with E-state index >= 15 is 0 Å². The summed E-state index contributed by atoms with van der Waals surface area (Å²) >= 11 is 5.07. The van der Waals surface area contributed by atoms with Crippen molar-refractivity contribution in [2.45, 2.75) is 19.9 Å². The molecule has 0 aliphatic heterocycles. The van der Waals surface area contributed by atoms with Crippen LogP contribution in [0.4, 0.5) is 0 Å². The Morgan fingerprint density at radius 1 is 1.40 bits per heavy atom. The van der Waals surface area contributed by atoms with Gasteiger partial charge in [0.15, 0.2) is 0 Å². The Kier molecular flexibility index (Phi) is 5.61. The lowest BCUT2D eigenvalue weighted by molar-refractivity contribution is 0.0951. The van der Waals surface area contributed by atoms with Crippen molar-refractivity contribution in [1.82, 2.24) is 5.32 Å². The molecular formula is C15H16BrNO2S. The maximum absolute atomic E-state index is 12.1.